The fourth-order valence-electron chi connectivity index (χ4n) is 5.28. The molecule has 6 nitrogen and oxygen atoms in total. The molecule has 0 aromatic heterocycles. The Labute approximate surface area is 361 Å². The van der Waals surface area contributed by atoms with Crippen molar-refractivity contribution in [2.45, 2.75) is 218 Å². The first-order valence-corrected chi connectivity index (χ1v) is 38.1. The first kappa shape index (κ1) is 76.6. The molecule has 0 aliphatic heterocycles. The van der Waals surface area contributed by atoms with Crippen molar-refractivity contribution in [1.82, 2.24) is 0 Å². The predicted octanol–water partition coefficient (Wildman–Crippen LogP) is 15.2. The van der Waals surface area contributed by atoms with E-state index in [2.05, 4.69) is 62.3 Å². The van der Waals surface area contributed by atoms with Crippen molar-refractivity contribution in [3.63, 3.8) is 0 Å². The molecule has 0 aliphatic rings. The van der Waals surface area contributed by atoms with Gasteiger partial charge in [-0.1, -0.05) is 0 Å². The summed E-state index contributed by atoms with van der Waals surface area (Å²) in [5.74, 6) is 0. The average molecular weight is 1080 g/mol. The third-order valence-corrected chi connectivity index (χ3v) is 34.9. The van der Waals surface area contributed by atoms with E-state index in [-0.39, 0.29) is 17.1 Å². The molecule has 0 heterocycles. The number of nitrogens with zero attached hydrogens (tertiary/aromatic N) is 6. The van der Waals surface area contributed by atoms with E-state index >= 15 is 0 Å². The normalized spacial score (nSPS) is 8.02. The molecule has 299 valence electrons. The van der Waals surface area contributed by atoms with E-state index in [1.807, 2.05) is 0 Å². The standard InChI is InChI=1S/3C8H17.6C2H5.6CN.Fe.3Sn/c3*1-3-5-7-8-6-4-2;12*1-2;;;;/h3*1,3-8H2,2H3;6*1H2,2H3;;;;;;;;;;/q;;;;;;;;;6*-1;+3;3*+1. The molecule has 52 heavy (non-hydrogen) atoms. The van der Waals surface area contributed by atoms with E-state index in [9.17, 15) is 0 Å². The molecule has 0 bridgehead atoms. The summed E-state index contributed by atoms with van der Waals surface area (Å²) < 4.78 is 14.5. The van der Waals surface area contributed by atoms with Crippen LogP contribution in [-0.2, 0) is 17.1 Å². The first-order chi connectivity index (χ1) is 25.0. The molecule has 0 N–H and O–H groups in total. The Morgan fingerprint density at radius 3 is 0.519 bits per heavy atom. The predicted molar refractivity (Wildman–Crippen MR) is 225 cm³/mol. The summed E-state index contributed by atoms with van der Waals surface area (Å²) in [7, 11) is 0. The van der Waals surface area contributed by atoms with Gasteiger partial charge < -0.3 is 71.0 Å². The van der Waals surface area contributed by atoms with Gasteiger partial charge in [0.1, 0.15) is 0 Å². The van der Waals surface area contributed by atoms with Crippen LogP contribution >= 0.6 is 0 Å². The maximum Gasteiger partial charge on any atom is 3.00 e. The van der Waals surface area contributed by atoms with Crippen LogP contribution in [0.3, 0.4) is 0 Å². The molecule has 0 spiro atoms. The van der Waals surface area contributed by atoms with Gasteiger partial charge in [-0.3, -0.25) is 0 Å². The Morgan fingerprint density at radius 2 is 0.385 bits per heavy atom. The van der Waals surface area contributed by atoms with Crippen LogP contribution in [0.2, 0.25) is 39.9 Å². The fraction of sp³-hybridized carbons (Fsp3) is 0.857. The van der Waals surface area contributed by atoms with Crippen LogP contribution in [0.25, 0.3) is 0 Å². The Hall–Kier alpha value is -0.144. The molecule has 1 radical (unpaired) electrons. The van der Waals surface area contributed by atoms with Gasteiger partial charge in [0.15, 0.2) is 0 Å². The third kappa shape index (κ3) is 92.6. The maximum absolute atomic E-state index is 6.25. The van der Waals surface area contributed by atoms with Crippen LogP contribution < -0.4 is 0 Å². The van der Waals surface area contributed by atoms with Crippen LogP contribution in [0.1, 0.15) is 178 Å². The van der Waals surface area contributed by atoms with Gasteiger partial charge in [-0.05, 0) is 0 Å². The number of hydrogen-bond acceptors (Lipinski definition) is 6. The van der Waals surface area contributed by atoms with Crippen molar-refractivity contribution < 1.29 is 17.1 Å². The van der Waals surface area contributed by atoms with Gasteiger partial charge in [0.05, 0.1) is 0 Å². The summed E-state index contributed by atoms with van der Waals surface area (Å²) in [5.41, 5.74) is 0. The Morgan fingerprint density at radius 1 is 0.250 bits per heavy atom. The first-order valence-electron chi connectivity index (χ1n) is 19.9. The van der Waals surface area contributed by atoms with Crippen molar-refractivity contribution >= 4 is 59.3 Å². The van der Waals surface area contributed by atoms with Gasteiger partial charge in [-0.25, -0.2) is 0 Å². The zero-order valence-electron chi connectivity index (χ0n) is 35.6. The quantitative estimate of drug-likeness (QED) is 0.0455. The molecular weight excluding hydrogens is 1000 g/mol. The molecular formula is C42H81FeN6Sn3. The van der Waals surface area contributed by atoms with Gasteiger partial charge in [0, 0.05) is 0 Å². The molecule has 0 fully saturated rings. The third-order valence-electron chi connectivity index (χ3n) is 8.65. The molecule has 10 heteroatoms. The summed E-state index contributed by atoms with van der Waals surface area (Å²) >= 11 is -2.32. The van der Waals surface area contributed by atoms with Crippen LogP contribution in [-0.4, -0.2) is 59.3 Å². The zero-order valence-corrected chi connectivity index (χ0v) is 45.3. The minimum atomic E-state index is -0.774. The molecule has 0 atom stereocenters. The van der Waals surface area contributed by atoms with E-state index in [1.165, 1.54) is 96.3 Å². The van der Waals surface area contributed by atoms with Crippen molar-refractivity contribution in [3.8, 4) is 0 Å². The Kier molecular flexibility index (Phi) is 145. The second-order valence-corrected chi connectivity index (χ2v) is 41.2. The Balaban J connectivity index is -0.0000000548. The van der Waals surface area contributed by atoms with Crippen LogP contribution in [0, 0.1) is 71.0 Å². The summed E-state index contributed by atoms with van der Waals surface area (Å²) in [6, 6.07) is 0. The van der Waals surface area contributed by atoms with Crippen molar-refractivity contribution in [1.29, 1.82) is 31.6 Å². The van der Waals surface area contributed by atoms with Gasteiger partial charge >= 0.3 is 294 Å². The fourth-order valence-corrected chi connectivity index (χ4v) is 22.0. The number of hydrogen-bond donors (Lipinski definition) is 0. The molecule has 0 aliphatic carbocycles. The van der Waals surface area contributed by atoms with Gasteiger partial charge in [0.25, 0.3) is 0 Å². The number of rotatable bonds is 27. The second kappa shape index (κ2) is 98.3. The van der Waals surface area contributed by atoms with E-state index < -0.39 is 59.3 Å². The second-order valence-electron chi connectivity index (χ2n) is 11.9. The summed E-state index contributed by atoms with van der Waals surface area (Å²) in [6.07, 6.45) is 26.6. The van der Waals surface area contributed by atoms with Crippen molar-refractivity contribution in [2.75, 3.05) is 0 Å². The van der Waals surface area contributed by atoms with Crippen LogP contribution in [0.15, 0.2) is 0 Å². The van der Waals surface area contributed by atoms with Gasteiger partial charge in [-0.15, -0.1) is 0 Å². The zero-order chi connectivity index (χ0) is 41.8. The molecule has 0 aromatic rings. The van der Waals surface area contributed by atoms with E-state index in [4.69, 9.17) is 71.0 Å². The maximum atomic E-state index is 6.25. The summed E-state index contributed by atoms with van der Waals surface area (Å²) in [5, 5.41) is 37.5. The summed E-state index contributed by atoms with van der Waals surface area (Å²) in [6.45, 7) is 49.8. The minimum absolute atomic E-state index is 0. The SMILES string of the molecule is CCCCCCC[CH2][Sn+]([CH2]C)[CH2]C.CCCCCCC[CH2][Sn+]([CH2]C)[CH2]C.CCCCCCC[CH2][Sn+]([CH2]C)[CH2]C.[C-]#N.[C-]#N.[C-]#N.[C-]#N.[C-]#N.[C-]#N.[Fe+3]. The average Bonchev–Trinajstić information content (AvgIpc) is 3.22. The van der Waals surface area contributed by atoms with Crippen molar-refractivity contribution in [3.05, 3.63) is 39.4 Å². The van der Waals surface area contributed by atoms with E-state index in [0.717, 1.165) is 0 Å². The van der Waals surface area contributed by atoms with Gasteiger partial charge in [0.2, 0.25) is 0 Å². The number of unbranched alkanes of at least 4 members (excludes halogenated alkanes) is 15. The van der Waals surface area contributed by atoms with E-state index in [0.29, 0.717) is 0 Å². The molecule has 0 saturated heterocycles. The topological polar surface area (TPSA) is 143 Å². The smallest absolute Gasteiger partial charge is 0.512 e. The molecule has 0 unspecified atom stereocenters. The minimum Gasteiger partial charge on any atom is -0.512 e. The van der Waals surface area contributed by atoms with Crippen LogP contribution in [0.4, 0.5) is 0 Å². The molecule has 0 aromatic carbocycles. The Bertz CT molecular complexity index is 527. The molecule has 0 rings (SSSR count). The van der Waals surface area contributed by atoms with E-state index in [1.54, 1.807) is 59.2 Å². The summed E-state index contributed by atoms with van der Waals surface area (Å²) in [4.78, 5) is 0. The monoisotopic (exact) mass is 1090 g/mol. The van der Waals surface area contributed by atoms with Crippen molar-refractivity contribution in [2.24, 2.45) is 0 Å². The van der Waals surface area contributed by atoms with Crippen LogP contribution in [0.5, 0.6) is 0 Å². The largest absolute Gasteiger partial charge is 3.00 e. The molecule has 0 amide bonds. The van der Waals surface area contributed by atoms with Gasteiger partial charge in [-0.2, -0.15) is 0 Å². The molecule has 0 saturated carbocycles.